The molecule has 1 aliphatic rings. The van der Waals surface area contributed by atoms with Crippen molar-refractivity contribution >= 4 is 5.88 Å². The number of ether oxygens (including phenoxy) is 1. The molecule has 100 valence electrons. The summed E-state index contributed by atoms with van der Waals surface area (Å²) in [6.45, 7) is 0. The van der Waals surface area contributed by atoms with Gasteiger partial charge in [-0.3, -0.25) is 0 Å². The normalized spacial score (nSPS) is 17.9. The quantitative estimate of drug-likeness (QED) is 0.919. The van der Waals surface area contributed by atoms with E-state index in [9.17, 15) is 0 Å². The number of fused-ring (bicyclic) bond motifs is 1. The molecule has 0 bridgehead atoms. The van der Waals surface area contributed by atoms with Crippen molar-refractivity contribution in [2.75, 3.05) is 19.5 Å². The van der Waals surface area contributed by atoms with Crippen molar-refractivity contribution in [1.82, 2.24) is 5.16 Å². The zero-order valence-electron chi connectivity index (χ0n) is 11.3. The number of nitrogens with one attached hydrogen (secondary N) is 1. The Morgan fingerprint density at radius 2 is 2.11 bits per heavy atom. The van der Waals surface area contributed by atoms with Crippen molar-refractivity contribution in [2.45, 2.75) is 25.2 Å². The SMILES string of the molecule is CNc1onc2c1CC(c1ccc(OC)cc1)CC2. The first-order chi connectivity index (χ1) is 9.31. The molecule has 1 heterocycles. The van der Waals surface area contributed by atoms with E-state index >= 15 is 0 Å². The van der Waals surface area contributed by atoms with Crippen LogP contribution < -0.4 is 10.1 Å². The van der Waals surface area contributed by atoms with Gasteiger partial charge in [0.15, 0.2) is 0 Å². The summed E-state index contributed by atoms with van der Waals surface area (Å²) in [4.78, 5) is 0. The van der Waals surface area contributed by atoms with E-state index in [1.165, 1.54) is 11.1 Å². The Bertz CT molecular complexity index is 547. The molecule has 1 aromatic carbocycles. The van der Waals surface area contributed by atoms with Crippen LogP contribution in [0, 0.1) is 0 Å². The van der Waals surface area contributed by atoms with Crippen LogP contribution in [0.3, 0.4) is 0 Å². The van der Waals surface area contributed by atoms with Crippen LogP contribution in [0.15, 0.2) is 28.8 Å². The molecule has 0 saturated carbocycles. The third kappa shape index (κ3) is 2.18. The average molecular weight is 258 g/mol. The number of aryl methyl sites for hydroxylation is 1. The lowest BCUT2D eigenvalue weighted by atomic mass is 9.83. The topological polar surface area (TPSA) is 47.3 Å². The van der Waals surface area contributed by atoms with E-state index in [4.69, 9.17) is 9.26 Å². The van der Waals surface area contributed by atoms with Gasteiger partial charge in [-0.15, -0.1) is 0 Å². The first kappa shape index (κ1) is 12.1. The molecule has 3 rings (SSSR count). The lowest BCUT2D eigenvalue weighted by Gasteiger charge is -2.21. The van der Waals surface area contributed by atoms with Crippen LogP contribution in [0.5, 0.6) is 5.75 Å². The fourth-order valence-corrected chi connectivity index (χ4v) is 2.77. The molecular formula is C15H18N2O2. The third-order valence-electron chi connectivity index (χ3n) is 3.86. The summed E-state index contributed by atoms with van der Waals surface area (Å²) < 4.78 is 10.5. The number of rotatable bonds is 3. The molecule has 0 aliphatic heterocycles. The predicted octanol–water partition coefficient (Wildman–Crippen LogP) is 3.00. The lowest BCUT2D eigenvalue weighted by Crippen LogP contribution is -2.12. The standard InChI is InChI=1S/C15H18N2O2/c1-16-15-13-9-11(5-8-14(13)17-19-15)10-3-6-12(18-2)7-4-10/h3-4,6-7,11,16H,5,8-9H2,1-2H3. The van der Waals surface area contributed by atoms with Crippen molar-refractivity contribution < 1.29 is 9.26 Å². The monoisotopic (exact) mass is 258 g/mol. The number of aromatic nitrogens is 1. The number of nitrogens with zero attached hydrogens (tertiary/aromatic N) is 1. The second-order valence-electron chi connectivity index (χ2n) is 4.90. The molecule has 0 spiro atoms. The molecule has 4 heteroatoms. The Morgan fingerprint density at radius 1 is 1.32 bits per heavy atom. The van der Waals surface area contributed by atoms with E-state index in [1.807, 2.05) is 19.2 Å². The smallest absolute Gasteiger partial charge is 0.227 e. The number of hydrogen-bond acceptors (Lipinski definition) is 4. The van der Waals surface area contributed by atoms with E-state index in [0.29, 0.717) is 5.92 Å². The first-order valence-corrected chi connectivity index (χ1v) is 6.61. The van der Waals surface area contributed by atoms with Crippen molar-refractivity contribution in [2.24, 2.45) is 0 Å². The maximum absolute atomic E-state index is 5.31. The molecule has 1 aliphatic carbocycles. The Hall–Kier alpha value is -1.97. The van der Waals surface area contributed by atoms with Crippen LogP contribution in [-0.2, 0) is 12.8 Å². The van der Waals surface area contributed by atoms with Crippen LogP contribution in [-0.4, -0.2) is 19.3 Å². The van der Waals surface area contributed by atoms with Gasteiger partial charge in [0.05, 0.1) is 12.8 Å². The van der Waals surface area contributed by atoms with Crippen LogP contribution in [0.4, 0.5) is 5.88 Å². The van der Waals surface area contributed by atoms with E-state index < -0.39 is 0 Å². The second-order valence-corrected chi connectivity index (χ2v) is 4.90. The largest absolute Gasteiger partial charge is 0.497 e. The van der Waals surface area contributed by atoms with Gasteiger partial charge in [-0.25, -0.2) is 0 Å². The van der Waals surface area contributed by atoms with E-state index in [1.54, 1.807) is 7.11 Å². The summed E-state index contributed by atoms with van der Waals surface area (Å²) in [5.74, 6) is 2.25. The molecule has 0 fully saturated rings. The molecule has 0 radical (unpaired) electrons. The fraction of sp³-hybridized carbons (Fsp3) is 0.400. The van der Waals surface area contributed by atoms with E-state index in [0.717, 1.165) is 36.6 Å². The molecule has 4 nitrogen and oxygen atoms in total. The zero-order valence-corrected chi connectivity index (χ0v) is 11.3. The summed E-state index contributed by atoms with van der Waals surface area (Å²) in [5.41, 5.74) is 3.69. The zero-order chi connectivity index (χ0) is 13.2. The summed E-state index contributed by atoms with van der Waals surface area (Å²) in [6, 6.07) is 8.36. The highest BCUT2D eigenvalue weighted by atomic mass is 16.5. The van der Waals surface area contributed by atoms with Gasteiger partial charge < -0.3 is 14.6 Å². The van der Waals surface area contributed by atoms with E-state index in [-0.39, 0.29) is 0 Å². The molecular weight excluding hydrogens is 240 g/mol. The van der Waals surface area contributed by atoms with Gasteiger partial charge in [-0.1, -0.05) is 17.3 Å². The highest BCUT2D eigenvalue weighted by molar-refractivity contribution is 5.46. The Morgan fingerprint density at radius 3 is 2.79 bits per heavy atom. The minimum absolute atomic E-state index is 0.532. The van der Waals surface area contributed by atoms with Gasteiger partial charge >= 0.3 is 0 Å². The first-order valence-electron chi connectivity index (χ1n) is 6.61. The van der Waals surface area contributed by atoms with Crippen LogP contribution in [0.25, 0.3) is 0 Å². The summed E-state index contributed by atoms with van der Waals surface area (Å²) in [6.07, 6.45) is 3.09. The van der Waals surface area contributed by atoms with Crippen LogP contribution in [0.2, 0.25) is 0 Å². The minimum atomic E-state index is 0.532. The Kier molecular flexibility index (Phi) is 3.15. The van der Waals surface area contributed by atoms with Crippen molar-refractivity contribution in [3.05, 3.63) is 41.1 Å². The molecule has 1 atom stereocenters. The Balaban J connectivity index is 1.84. The van der Waals surface area contributed by atoms with Gasteiger partial charge in [0.25, 0.3) is 0 Å². The highest BCUT2D eigenvalue weighted by Gasteiger charge is 2.26. The third-order valence-corrected chi connectivity index (χ3v) is 3.86. The molecule has 0 saturated heterocycles. The summed E-state index contributed by atoms with van der Waals surface area (Å²) in [7, 11) is 3.57. The lowest BCUT2D eigenvalue weighted by molar-refractivity contribution is 0.414. The molecule has 1 unspecified atom stereocenters. The number of methoxy groups -OCH3 is 1. The second kappa shape index (κ2) is 4.96. The summed E-state index contributed by atoms with van der Waals surface area (Å²) in [5, 5.41) is 7.20. The van der Waals surface area contributed by atoms with Crippen molar-refractivity contribution in [1.29, 1.82) is 0 Å². The molecule has 0 amide bonds. The molecule has 2 aromatic rings. The summed E-state index contributed by atoms with van der Waals surface area (Å²) >= 11 is 0. The van der Waals surface area contributed by atoms with Gasteiger partial charge in [0.2, 0.25) is 5.88 Å². The van der Waals surface area contributed by atoms with Gasteiger partial charge in [0.1, 0.15) is 5.75 Å². The fourth-order valence-electron chi connectivity index (χ4n) is 2.77. The van der Waals surface area contributed by atoms with E-state index in [2.05, 4.69) is 22.6 Å². The van der Waals surface area contributed by atoms with Crippen molar-refractivity contribution in [3.63, 3.8) is 0 Å². The van der Waals surface area contributed by atoms with Gasteiger partial charge in [-0.2, -0.15) is 0 Å². The maximum Gasteiger partial charge on any atom is 0.227 e. The van der Waals surface area contributed by atoms with Gasteiger partial charge in [0, 0.05) is 12.6 Å². The molecule has 1 N–H and O–H groups in total. The van der Waals surface area contributed by atoms with Gasteiger partial charge in [-0.05, 0) is 42.9 Å². The number of anilines is 1. The molecule has 1 aromatic heterocycles. The maximum atomic E-state index is 5.31. The highest BCUT2D eigenvalue weighted by Crippen LogP contribution is 2.36. The van der Waals surface area contributed by atoms with Crippen LogP contribution >= 0.6 is 0 Å². The Labute approximate surface area is 112 Å². The molecule has 19 heavy (non-hydrogen) atoms. The number of hydrogen-bond donors (Lipinski definition) is 1. The minimum Gasteiger partial charge on any atom is -0.497 e. The number of benzene rings is 1. The average Bonchev–Trinajstić information content (AvgIpc) is 2.89. The predicted molar refractivity (Wildman–Crippen MR) is 73.8 cm³/mol. The van der Waals surface area contributed by atoms with Crippen LogP contribution in [0.1, 0.15) is 29.2 Å². The van der Waals surface area contributed by atoms with Crippen molar-refractivity contribution in [3.8, 4) is 5.75 Å².